The van der Waals surface area contributed by atoms with Crippen LogP contribution in [0.2, 0.25) is 0 Å². The lowest BCUT2D eigenvalue weighted by atomic mass is 9.91. The summed E-state index contributed by atoms with van der Waals surface area (Å²) in [7, 11) is 3.20. The lowest BCUT2D eigenvalue weighted by Gasteiger charge is -2.27. The van der Waals surface area contributed by atoms with E-state index < -0.39 is 5.54 Å². The van der Waals surface area contributed by atoms with Crippen molar-refractivity contribution in [3.63, 3.8) is 0 Å². The van der Waals surface area contributed by atoms with E-state index in [-0.39, 0.29) is 18.0 Å². The molecule has 0 aliphatic carbocycles. The number of hydrogen-bond acceptors (Lipinski definition) is 8. The van der Waals surface area contributed by atoms with Crippen molar-refractivity contribution < 1.29 is 19.0 Å². The van der Waals surface area contributed by atoms with E-state index in [1.807, 2.05) is 32.9 Å². The first kappa shape index (κ1) is 22.1. The molecular formula is C24H28N4O4. The fraction of sp³-hybridized carbons (Fsp3) is 0.417. The van der Waals surface area contributed by atoms with Crippen LogP contribution in [0.4, 0.5) is 0 Å². The van der Waals surface area contributed by atoms with Crippen LogP contribution in [0.5, 0.6) is 5.88 Å². The van der Waals surface area contributed by atoms with Gasteiger partial charge in [-0.25, -0.2) is 9.78 Å². The minimum atomic E-state index is -0.735. The van der Waals surface area contributed by atoms with Gasteiger partial charge in [-0.1, -0.05) is 6.92 Å². The standard InChI is InChI=1S/C24H28N4O4/c1-13-14(2)32-23(29)17-7-6-15(28-21(13)17)8-16-9-18-19(10-26-16)22(31-5)27-11-20(18)24(3,25)12-30-4/h6-7,9-11,13-14H,8,12,25H2,1-5H3/t13-,14+,24-/m0/s1. The van der Waals surface area contributed by atoms with Gasteiger partial charge in [-0.2, -0.15) is 0 Å². The second kappa shape index (κ2) is 8.44. The number of esters is 1. The molecule has 0 amide bonds. The molecule has 8 heteroatoms. The highest BCUT2D eigenvalue weighted by atomic mass is 16.5. The van der Waals surface area contributed by atoms with E-state index in [0.717, 1.165) is 33.4 Å². The predicted octanol–water partition coefficient (Wildman–Crippen LogP) is 3.11. The van der Waals surface area contributed by atoms with Crippen molar-refractivity contribution in [2.45, 2.75) is 44.8 Å². The molecule has 2 N–H and O–H groups in total. The van der Waals surface area contributed by atoms with Crippen LogP contribution in [0.25, 0.3) is 10.8 Å². The van der Waals surface area contributed by atoms with Gasteiger partial charge in [0.05, 0.1) is 35.9 Å². The molecule has 8 nitrogen and oxygen atoms in total. The molecule has 0 fully saturated rings. The molecule has 168 valence electrons. The minimum absolute atomic E-state index is 0.0288. The largest absolute Gasteiger partial charge is 0.481 e. The van der Waals surface area contributed by atoms with Gasteiger partial charge >= 0.3 is 5.97 Å². The molecule has 0 unspecified atom stereocenters. The van der Waals surface area contributed by atoms with Gasteiger partial charge in [-0.15, -0.1) is 0 Å². The molecule has 4 rings (SSSR count). The van der Waals surface area contributed by atoms with E-state index in [9.17, 15) is 4.79 Å². The third-order valence-electron chi connectivity index (χ3n) is 6.04. The molecule has 0 saturated heterocycles. The van der Waals surface area contributed by atoms with Crippen molar-refractivity contribution in [3.8, 4) is 5.88 Å². The SMILES string of the molecule is COC[C@](C)(N)c1cnc(OC)c2cnc(Cc3ccc4c(n3)[C@@H](C)[C@@H](C)OC4=O)cc12. The minimum Gasteiger partial charge on any atom is -0.481 e. The molecule has 0 radical (unpaired) electrons. The Labute approximate surface area is 187 Å². The van der Waals surface area contributed by atoms with Gasteiger partial charge in [0.15, 0.2) is 0 Å². The first-order valence-corrected chi connectivity index (χ1v) is 10.6. The van der Waals surface area contributed by atoms with Crippen LogP contribution in [0.1, 0.15) is 59.7 Å². The van der Waals surface area contributed by atoms with Gasteiger partial charge in [-0.3, -0.25) is 9.97 Å². The van der Waals surface area contributed by atoms with Crippen molar-refractivity contribution >= 4 is 16.7 Å². The van der Waals surface area contributed by atoms with Crippen molar-refractivity contribution in [1.82, 2.24) is 15.0 Å². The maximum Gasteiger partial charge on any atom is 0.340 e. The van der Waals surface area contributed by atoms with Gasteiger partial charge in [-0.05, 0) is 37.4 Å². The molecule has 3 aromatic heterocycles. The number of methoxy groups -OCH3 is 2. The molecule has 0 saturated carbocycles. The first-order valence-electron chi connectivity index (χ1n) is 10.6. The van der Waals surface area contributed by atoms with Gasteiger partial charge in [0.1, 0.15) is 6.10 Å². The van der Waals surface area contributed by atoms with Crippen LogP contribution in [0, 0.1) is 0 Å². The van der Waals surface area contributed by atoms with Crippen LogP contribution in [-0.4, -0.2) is 47.9 Å². The van der Waals surface area contributed by atoms with E-state index in [0.29, 0.717) is 24.5 Å². The zero-order valence-electron chi connectivity index (χ0n) is 19.0. The third-order valence-corrected chi connectivity index (χ3v) is 6.04. The third kappa shape index (κ3) is 3.91. The van der Waals surface area contributed by atoms with Crippen LogP contribution in [-0.2, 0) is 21.4 Å². The normalized spacial score (nSPS) is 19.9. The highest BCUT2D eigenvalue weighted by molar-refractivity contribution is 5.92. The molecular weight excluding hydrogens is 408 g/mol. The Balaban J connectivity index is 1.75. The topological polar surface area (TPSA) is 109 Å². The van der Waals surface area contributed by atoms with Crippen LogP contribution in [0.15, 0.2) is 30.6 Å². The Bertz CT molecular complexity index is 1180. The Kier molecular flexibility index (Phi) is 5.83. The summed E-state index contributed by atoms with van der Waals surface area (Å²) < 4.78 is 16.1. The number of ether oxygens (including phenoxy) is 3. The summed E-state index contributed by atoms with van der Waals surface area (Å²) in [5, 5.41) is 1.69. The molecule has 32 heavy (non-hydrogen) atoms. The van der Waals surface area contributed by atoms with Crippen molar-refractivity contribution in [1.29, 1.82) is 0 Å². The fourth-order valence-electron chi connectivity index (χ4n) is 4.12. The fourth-order valence-corrected chi connectivity index (χ4v) is 4.12. The molecule has 0 aromatic carbocycles. The number of cyclic esters (lactones) is 1. The summed E-state index contributed by atoms with van der Waals surface area (Å²) >= 11 is 0. The lowest BCUT2D eigenvalue weighted by molar-refractivity contribution is 0.0234. The van der Waals surface area contributed by atoms with Crippen LogP contribution < -0.4 is 10.5 Å². The zero-order chi connectivity index (χ0) is 23.0. The van der Waals surface area contributed by atoms with E-state index in [1.54, 1.807) is 32.7 Å². The highest BCUT2D eigenvalue weighted by Crippen LogP contribution is 2.33. The number of fused-ring (bicyclic) bond motifs is 2. The maximum absolute atomic E-state index is 12.2. The number of hydrogen-bond donors (Lipinski definition) is 1. The summed E-state index contributed by atoms with van der Waals surface area (Å²) in [6.07, 6.45) is 3.79. The summed E-state index contributed by atoms with van der Waals surface area (Å²) in [5.74, 6) is 0.198. The van der Waals surface area contributed by atoms with Gasteiger partial charge in [0, 0.05) is 48.8 Å². The predicted molar refractivity (Wildman–Crippen MR) is 120 cm³/mol. The number of nitrogens with two attached hydrogens (primary N) is 1. The lowest BCUT2D eigenvalue weighted by Crippen LogP contribution is -2.38. The monoisotopic (exact) mass is 436 g/mol. The number of carbonyl (C=O) groups excluding carboxylic acids is 1. The zero-order valence-corrected chi connectivity index (χ0v) is 19.0. The molecule has 3 atom stereocenters. The van der Waals surface area contributed by atoms with Crippen LogP contribution in [0.3, 0.4) is 0 Å². The van der Waals surface area contributed by atoms with E-state index in [2.05, 4.69) is 9.97 Å². The van der Waals surface area contributed by atoms with Gasteiger partial charge in [0.25, 0.3) is 0 Å². The van der Waals surface area contributed by atoms with Gasteiger partial charge in [0.2, 0.25) is 5.88 Å². The summed E-state index contributed by atoms with van der Waals surface area (Å²) in [6, 6.07) is 5.63. The summed E-state index contributed by atoms with van der Waals surface area (Å²) in [4.78, 5) is 26.0. The molecule has 4 heterocycles. The van der Waals surface area contributed by atoms with E-state index >= 15 is 0 Å². The number of pyridine rings is 3. The number of nitrogens with zero attached hydrogens (tertiary/aromatic N) is 3. The first-order chi connectivity index (χ1) is 15.2. The quantitative estimate of drug-likeness (QED) is 0.587. The Hall–Kier alpha value is -3.10. The highest BCUT2D eigenvalue weighted by Gasteiger charge is 2.31. The molecule has 1 aliphatic heterocycles. The second-order valence-electron chi connectivity index (χ2n) is 8.56. The number of rotatable bonds is 6. The molecule has 0 spiro atoms. The Morgan fingerprint density at radius 1 is 1.12 bits per heavy atom. The maximum atomic E-state index is 12.2. The number of aromatic nitrogens is 3. The Morgan fingerprint density at radius 3 is 2.62 bits per heavy atom. The van der Waals surface area contributed by atoms with Crippen molar-refractivity contribution in [2.75, 3.05) is 20.8 Å². The molecule has 1 aliphatic rings. The Morgan fingerprint density at radius 2 is 1.91 bits per heavy atom. The van der Waals surface area contributed by atoms with Crippen LogP contribution >= 0.6 is 0 Å². The van der Waals surface area contributed by atoms with E-state index in [1.165, 1.54) is 0 Å². The number of carbonyl (C=O) groups is 1. The summed E-state index contributed by atoms with van der Waals surface area (Å²) in [5.41, 5.74) is 9.62. The molecule has 0 bridgehead atoms. The van der Waals surface area contributed by atoms with E-state index in [4.69, 9.17) is 24.9 Å². The average Bonchev–Trinajstić information content (AvgIpc) is 2.76. The average molecular weight is 437 g/mol. The van der Waals surface area contributed by atoms with Gasteiger partial charge < -0.3 is 19.9 Å². The second-order valence-corrected chi connectivity index (χ2v) is 8.56. The molecule has 3 aromatic rings. The smallest absolute Gasteiger partial charge is 0.340 e. The summed E-state index contributed by atoms with van der Waals surface area (Å²) in [6.45, 7) is 6.15. The van der Waals surface area contributed by atoms with Crippen molar-refractivity contribution in [3.05, 3.63) is 58.8 Å². The van der Waals surface area contributed by atoms with Crippen molar-refractivity contribution in [2.24, 2.45) is 5.73 Å².